The predicted molar refractivity (Wildman–Crippen MR) is 74.1 cm³/mol. The van der Waals surface area contributed by atoms with Gasteiger partial charge in [-0.15, -0.1) is 0 Å². The van der Waals surface area contributed by atoms with E-state index in [1.54, 1.807) is 19.2 Å². The van der Waals surface area contributed by atoms with Gasteiger partial charge < -0.3 is 10.1 Å². The molecule has 0 spiro atoms. The molecule has 1 aromatic rings. The van der Waals surface area contributed by atoms with E-state index < -0.39 is 0 Å². The third-order valence-corrected chi connectivity index (χ3v) is 2.95. The molecule has 0 saturated heterocycles. The molecule has 0 aliphatic heterocycles. The first-order valence-corrected chi connectivity index (χ1v) is 6.62. The van der Waals surface area contributed by atoms with Crippen LogP contribution in [0.2, 0.25) is 0 Å². The molecule has 0 aliphatic rings. The fraction of sp³-hybridized carbons (Fsp3) is 0.533. The Morgan fingerprint density at radius 1 is 1.39 bits per heavy atom. The van der Waals surface area contributed by atoms with Gasteiger partial charge in [0, 0.05) is 11.6 Å². The Morgan fingerprint density at radius 3 is 2.83 bits per heavy atom. The van der Waals surface area contributed by atoms with E-state index in [9.17, 15) is 4.79 Å². The lowest BCUT2D eigenvalue weighted by atomic mass is 10.1. The van der Waals surface area contributed by atoms with Gasteiger partial charge in [-0.3, -0.25) is 4.79 Å². The number of hydrogen-bond donors (Lipinski definition) is 1. The molecule has 0 heterocycles. The van der Waals surface area contributed by atoms with Gasteiger partial charge in [0.2, 0.25) is 0 Å². The monoisotopic (exact) mass is 249 g/mol. The van der Waals surface area contributed by atoms with E-state index in [1.807, 2.05) is 19.1 Å². The molecule has 18 heavy (non-hydrogen) atoms. The zero-order valence-corrected chi connectivity index (χ0v) is 11.5. The van der Waals surface area contributed by atoms with E-state index in [0.717, 1.165) is 12.8 Å². The molecule has 0 aromatic heterocycles. The van der Waals surface area contributed by atoms with Crippen LogP contribution in [0.25, 0.3) is 0 Å². The summed E-state index contributed by atoms with van der Waals surface area (Å²) in [6.45, 7) is 4.23. The first-order valence-electron chi connectivity index (χ1n) is 6.62. The van der Waals surface area contributed by atoms with Crippen molar-refractivity contribution in [3.05, 3.63) is 29.8 Å². The molecule has 3 nitrogen and oxygen atoms in total. The molecule has 1 aromatic carbocycles. The number of methoxy groups -OCH3 is 1. The van der Waals surface area contributed by atoms with E-state index in [4.69, 9.17) is 4.74 Å². The zero-order valence-electron chi connectivity index (χ0n) is 11.5. The highest BCUT2D eigenvalue weighted by atomic mass is 16.5. The Labute approximate surface area is 110 Å². The van der Waals surface area contributed by atoms with Gasteiger partial charge >= 0.3 is 0 Å². The highest BCUT2D eigenvalue weighted by molar-refractivity contribution is 5.94. The van der Waals surface area contributed by atoms with Crippen molar-refractivity contribution in [2.24, 2.45) is 0 Å². The van der Waals surface area contributed by atoms with Crippen molar-refractivity contribution in [3.8, 4) is 5.75 Å². The number of carbonyl (C=O) groups is 1. The lowest BCUT2D eigenvalue weighted by Crippen LogP contribution is -2.32. The number of unbranched alkanes of at least 4 members (excludes halogenated alkanes) is 2. The average Bonchev–Trinajstić information content (AvgIpc) is 2.39. The number of rotatable bonds is 7. The molecule has 1 unspecified atom stereocenters. The molecule has 0 aliphatic carbocycles. The van der Waals surface area contributed by atoms with Crippen LogP contribution >= 0.6 is 0 Å². The van der Waals surface area contributed by atoms with Crippen LogP contribution < -0.4 is 10.1 Å². The summed E-state index contributed by atoms with van der Waals surface area (Å²) in [5, 5.41) is 3.01. The van der Waals surface area contributed by atoms with Gasteiger partial charge in [0.25, 0.3) is 5.91 Å². The molecule has 1 rings (SSSR count). The standard InChI is InChI=1S/C15H23NO2/c1-4-5-6-8-12(2)16-15(17)13-9-7-10-14(11-13)18-3/h7,9-12H,4-6,8H2,1-3H3,(H,16,17). The molecule has 1 atom stereocenters. The van der Waals surface area contributed by atoms with Crippen LogP contribution in [0.3, 0.4) is 0 Å². The van der Waals surface area contributed by atoms with Crippen molar-refractivity contribution < 1.29 is 9.53 Å². The van der Waals surface area contributed by atoms with Gasteiger partial charge in [-0.2, -0.15) is 0 Å². The highest BCUT2D eigenvalue weighted by Gasteiger charge is 2.09. The Hall–Kier alpha value is -1.51. The Bertz CT molecular complexity index is 377. The fourth-order valence-electron chi connectivity index (χ4n) is 1.84. The molecule has 0 fully saturated rings. The number of amides is 1. The summed E-state index contributed by atoms with van der Waals surface area (Å²) >= 11 is 0. The minimum atomic E-state index is -0.0297. The fourth-order valence-corrected chi connectivity index (χ4v) is 1.84. The summed E-state index contributed by atoms with van der Waals surface area (Å²) in [7, 11) is 1.60. The molecule has 100 valence electrons. The molecular weight excluding hydrogens is 226 g/mol. The molecule has 0 bridgehead atoms. The van der Waals surface area contributed by atoms with Crippen molar-refractivity contribution in [1.82, 2.24) is 5.32 Å². The van der Waals surface area contributed by atoms with Crippen molar-refractivity contribution >= 4 is 5.91 Å². The molecule has 1 amide bonds. The third-order valence-electron chi connectivity index (χ3n) is 2.95. The van der Waals surface area contributed by atoms with E-state index in [-0.39, 0.29) is 11.9 Å². The minimum absolute atomic E-state index is 0.0297. The summed E-state index contributed by atoms with van der Waals surface area (Å²) in [5.41, 5.74) is 0.650. The lowest BCUT2D eigenvalue weighted by molar-refractivity contribution is 0.0937. The summed E-state index contributed by atoms with van der Waals surface area (Å²) in [4.78, 5) is 12.0. The zero-order chi connectivity index (χ0) is 13.4. The quantitative estimate of drug-likeness (QED) is 0.752. The number of ether oxygens (including phenoxy) is 1. The second kappa shape index (κ2) is 7.75. The van der Waals surface area contributed by atoms with Crippen LogP contribution in [0.5, 0.6) is 5.75 Å². The van der Waals surface area contributed by atoms with Gasteiger partial charge in [0.1, 0.15) is 5.75 Å². The maximum absolute atomic E-state index is 12.0. The van der Waals surface area contributed by atoms with Gasteiger partial charge in [-0.25, -0.2) is 0 Å². The van der Waals surface area contributed by atoms with Gasteiger partial charge in [0.15, 0.2) is 0 Å². The van der Waals surface area contributed by atoms with Crippen molar-refractivity contribution in [2.45, 2.75) is 45.6 Å². The second-order valence-electron chi connectivity index (χ2n) is 4.60. The van der Waals surface area contributed by atoms with Gasteiger partial charge in [-0.05, 0) is 31.5 Å². The second-order valence-corrected chi connectivity index (χ2v) is 4.60. The van der Waals surface area contributed by atoms with E-state index >= 15 is 0 Å². The van der Waals surface area contributed by atoms with Crippen LogP contribution in [-0.2, 0) is 0 Å². The van der Waals surface area contributed by atoms with E-state index in [2.05, 4.69) is 12.2 Å². The Morgan fingerprint density at radius 2 is 2.17 bits per heavy atom. The normalized spacial score (nSPS) is 11.9. The van der Waals surface area contributed by atoms with Crippen molar-refractivity contribution in [2.75, 3.05) is 7.11 Å². The van der Waals surface area contributed by atoms with E-state index in [0.29, 0.717) is 11.3 Å². The van der Waals surface area contributed by atoms with Crippen molar-refractivity contribution in [3.63, 3.8) is 0 Å². The largest absolute Gasteiger partial charge is 0.497 e. The summed E-state index contributed by atoms with van der Waals surface area (Å²) in [6.07, 6.45) is 4.62. The van der Waals surface area contributed by atoms with Crippen LogP contribution in [0.1, 0.15) is 49.9 Å². The van der Waals surface area contributed by atoms with Crippen LogP contribution in [-0.4, -0.2) is 19.1 Å². The molecule has 3 heteroatoms. The summed E-state index contributed by atoms with van der Waals surface area (Å²) < 4.78 is 5.11. The summed E-state index contributed by atoms with van der Waals surface area (Å²) in [5.74, 6) is 0.680. The SMILES string of the molecule is CCCCCC(C)NC(=O)c1cccc(OC)c1. The number of benzene rings is 1. The Balaban J connectivity index is 2.48. The number of hydrogen-bond acceptors (Lipinski definition) is 2. The average molecular weight is 249 g/mol. The lowest BCUT2D eigenvalue weighted by Gasteiger charge is -2.14. The first kappa shape index (κ1) is 14.6. The number of carbonyl (C=O) groups excluding carboxylic acids is 1. The van der Waals surface area contributed by atoms with Crippen molar-refractivity contribution in [1.29, 1.82) is 0 Å². The Kier molecular flexibility index (Phi) is 6.26. The molecular formula is C15H23NO2. The van der Waals surface area contributed by atoms with E-state index in [1.165, 1.54) is 12.8 Å². The van der Waals surface area contributed by atoms with Gasteiger partial charge in [-0.1, -0.05) is 32.3 Å². The maximum Gasteiger partial charge on any atom is 0.251 e. The molecule has 0 radical (unpaired) electrons. The third kappa shape index (κ3) is 4.78. The topological polar surface area (TPSA) is 38.3 Å². The van der Waals surface area contributed by atoms with Gasteiger partial charge in [0.05, 0.1) is 7.11 Å². The predicted octanol–water partition coefficient (Wildman–Crippen LogP) is 3.39. The molecule has 0 saturated carbocycles. The highest BCUT2D eigenvalue weighted by Crippen LogP contribution is 2.13. The number of nitrogens with one attached hydrogen (secondary N) is 1. The smallest absolute Gasteiger partial charge is 0.251 e. The van der Waals surface area contributed by atoms with Crippen LogP contribution in [0.4, 0.5) is 0 Å². The van der Waals surface area contributed by atoms with Crippen LogP contribution in [0.15, 0.2) is 24.3 Å². The van der Waals surface area contributed by atoms with Crippen LogP contribution in [0, 0.1) is 0 Å². The summed E-state index contributed by atoms with van der Waals surface area (Å²) in [6, 6.07) is 7.44. The first-order chi connectivity index (χ1) is 8.67. The molecule has 1 N–H and O–H groups in total. The maximum atomic E-state index is 12.0. The minimum Gasteiger partial charge on any atom is -0.497 e.